The third kappa shape index (κ3) is 2.70. The highest BCUT2D eigenvalue weighted by molar-refractivity contribution is 6.31. The Bertz CT molecular complexity index is 828. The number of hydrogen-bond donors (Lipinski definition) is 1. The van der Waals surface area contributed by atoms with Crippen LogP contribution >= 0.6 is 23.2 Å². The molecule has 5 nitrogen and oxygen atoms in total. The molecule has 1 N–H and O–H groups in total. The molecule has 0 aliphatic carbocycles. The molecule has 106 valence electrons. The quantitative estimate of drug-likeness (QED) is 0.801. The molecule has 2 aromatic heterocycles. The van der Waals surface area contributed by atoms with Gasteiger partial charge in [0, 0.05) is 16.8 Å². The highest BCUT2D eigenvalue weighted by atomic mass is 35.5. The predicted molar refractivity (Wildman–Crippen MR) is 80.6 cm³/mol. The van der Waals surface area contributed by atoms with Gasteiger partial charge in [-0.2, -0.15) is 0 Å². The maximum Gasteiger partial charge on any atom is 0.323 e. The number of pyridine rings is 1. The summed E-state index contributed by atoms with van der Waals surface area (Å²) in [4.78, 5) is 19.7. The summed E-state index contributed by atoms with van der Waals surface area (Å²) in [5, 5.41) is 10.1. The van der Waals surface area contributed by atoms with Gasteiger partial charge >= 0.3 is 5.97 Å². The highest BCUT2D eigenvalue weighted by Gasteiger charge is 2.16. The standard InChI is InChI=1S/C14H9Cl2N3O2/c15-9-3-1-8(2-4-9)13-18-11-5-10(16)6-17-14(11)19(13)7-12(20)21/h1-6H,7H2,(H,20,21). The van der Waals surface area contributed by atoms with Crippen LogP contribution in [0.3, 0.4) is 0 Å². The largest absolute Gasteiger partial charge is 0.480 e. The third-order valence-corrected chi connectivity index (χ3v) is 3.41. The first-order valence-corrected chi connectivity index (χ1v) is 6.80. The van der Waals surface area contributed by atoms with Crippen LogP contribution in [-0.4, -0.2) is 25.6 Å². The average molecular weight is 322 g/mol. The van der Waals surface area contributed by atoms with Crippen molar-refractivity contribution in [2.24, 2.45) is 0 Å². The van der Waals surface area contributed by atoms with Crippen LogP contribution in [0.25, 0.3) is 22.6 Å². The van der Waals surface area contributed by atoms with Crippen LogP contribution in [0.2, 0.25) is 10.0 Å². The fourth-order valence-electron chi connectivity index (χ4n) is 2.09. The van der Waals surface area contributed by atoms with Crippen LogP contribution in [0.1, 0.15) is 0 Å². The lowest BCUT2D eigenvalue weighted by Crippen LogP contribution is -2.10. The summed E-state index contributed by atoms with van der Waals surface area (Å²) >= 11 is 11.8. The fraction of sp³-hybridized carbons (Fsp3) is 0.0714. The lowest BCUT2D eigenvalue weighted by molar-refractivity contribution is -0.137. The van der Waals surface area contributed by atoms with Crippen molar-refractivity contribution in [1.29, 1.82) is 0 Å². The lowest BCUT2D eigenvalue weighted by Gasteiger charge is -2.05. The van der Waals surface area contributed by atoms with Crippen LogP contribution in [-0.2, 0) is 11.3 Å². The van der Waals surface area contributed by atoms with Crippen LogP contribution in [0.4, 0.5) is 0 Å². The van der Waals surface area contributed by atoms with Gasteiger partial charge in [-0.1, -0.05) is 23.2 Å². The molecule has 0 aliphatic rings. The molecule has 0 spiro atoms. The monoisotopic (exact) mass is 321 g/mol. The second-order valence-electron chi connectivity index (χ2n) is 4.42. The molecule has 0 saturated carbocycles. The number of aliphatic carboxylic acids is 1. The molecule has 7 heteroatoms. The van der Waals surface area contributed by atoms with Gasteiger partial charge in [0.1, 0.15) is 17.9 Å². The van der Waals surface area contributed by atoms with Gasteiger partial charge in [-0.25, -0.2) is 9.97 Å². The second-order valence-corrected chi connectivity index (χ2v) is 5.29. The van der Waals surface area contributed by atoms with Gasteiger partial charge in [-0.3, -0.25) is 9.36 Å². The van der Waals surface area contributed by atoms with E-state index >= 15 is 0 Å². The summed E-state index contributed by atoms with van der Waals surface area (Å²) in [6, 6.07) is 8.66. The molecular weight excluding hydrogens is 313 g/mol. The Balaban J connectivity index is 2.24. The number of nitrogens with zero attached hydrogens (tertiary/aromatic N) is 3. The smallest absolute Gasteiger partial charge is 0.323 e. The number of imidazole rings is 1. The normalized spacial score (nSPS) is 11.0. The maximum atomic E-state index is 11.1. The molecule has 3 rings (SSSR count). The summed E-state index contributed by atoms with van der Waals surface area (Å²) in [5.74, 6) is -0.458. The number of rotatable bonds is 3. The summed E-state index contributed by atoms with van der Waals surface area (Å²) < 4.78 is 1.54. The van der Waals surface area contributed by atoms with Crippen molar-refractivity contribution in [2.75, 3.05) is 0 Å². The number of halogens is 2. The third-order valence-electron chi connectivity index (χ3n) is 2.95. The maximum absolute atomic E-state index is 11.1. The lowest BCUT2D eigenvalue weighted by atomic mass is 10.2. The van der Waals surface area contributed by atoms with E-state index in [-0.39, 0.29) is 6.54 Å². The van der Waals surface area contributed by atoms with Crippen molar-refractivity contribution in [2.45, 2.75) is 6.54 Å². The van der Waals surface area contributed by atoms with E-state index in [1.165, 1.54) is 10.8 Å². The van der Waals surface area contributed by atoms with Crippen molar-refractivity contribution in [3.63, 3.8) is 0 Å². The SMILES string of the molecule is O=C(O)Cn1c(-c2ccc(Cl)cc2)nc2cc(Cl)cnc21. The Labute approximate surface area is 129 Å². The zero-order valence-corrected chi connectivity index (χ0v) is 12.1. The van der Waals surface area contributed by atoms with E-state index in [1.807, 2.05) is 0 Å². The molecule has 1 aromatic carbocycles. The second kappa shape index (κ2) is 5.35. The molecule has 21 heavy (non-hydrogen) atoms. The van der Waals surface area contributed by atoms with Crippen molar-refractivity contribution in [1.82, 2.24) is 14.5 Å². The Hall–Kier alpha value is -2.11. The Morgan fingerprint density at radius 3 is 2.57 bits per heavy atom. The number of benzene rings is 1. The number of aromatic nitrogens is 3. The molecule has 0 radical (unpaired) electrons. The summed E-state index contributed by atoms with van der Waals surface area (Å²) in [5.41, 5.74) is 1.79. The summed E-state index contributed by atoms with van der Waals surface area (Å²) in [7, 11) is 0. The minimum atomic E-state index is -0.971. The van der Waals surface area contributed by atoms with Crippen LogP contribution in [0.15, 0.2) is 36.5 Å². The molecule has 0 saturated heterocycles. The van der Waals surface area contributed by atoms with Crippen LogP contribution in [0.5, 0.6) is 0 Å². The Morgan fingerprint density at radius 1 is 1.19 bits per heavy atom. The first-order valence-electron chi connectivity index (χ1n) is 6.04. The van der Waals surface area contributed by atoms with Gasteiger partial charge in [-0.05, 0) is 30.3 Å². The molecule has 0 amide bonds. The topological polar surface area (TPSA) is 68.0 Å². The number of carbonyl (C=O) groups is 1. The number of carboxylic acids is 1. The fourth-order valence-corrected chi connectivity index (χ4v) is 2.37. The summed E-state index contributed by atoms with van der Waals surface area (Å²) in [6.45, 7) is -0.233. The van der Waals surface area contributed by atoms with Gasteiger partial charge in [0.15, 0.2) is 5.65 Å². The van der Waals surface area contributed by atoms with E-state index in [4.69, 9.17) is 28.3 Å². The first-order chi connectivity index (χ1) is 10.0. The number of carboxylic acid groups (broad SMARTS) is 1. The Kier molecular flexibility index (Phi) is 3.53. The van der Waals surface area contributed by atoms with E-state index in [0.717, 1.165) is 5.56 Å². The molecule has 3 aromatic rings. The number of fused-ring (bicyclic) bond motifs is 1. The van der Waals surface area contributed by atoms with Gasteiger partial charge in [0.2, 0.25) is 0 Å². The molecule has 2 heterocycles. The molecule has 0 aliphatic heterocycles. The predicted octanol–water partition coefficient (Wildman–Crippen LogP) is 3.49. The number of hydrogen-bond acceptors (Lipinski definition) is 3. The van der Waals surface area contributed by atoms with Crippen molar-refractivity contribution in [3.05, 3.63) is 46.6 Å². The van der Waals surface area contributed by atoms with E-state index < -0.39 is 5.97 Å². The first kappa shape index (κ1) is 13.9. The van der Waals surface area contributed by atoms with Crippen molar-refractivity contribution in [3.8, 4) is 11.4 Å². The van der Waals surface area contributed by atoms with Crippen molar-refractivity contribution >= 4 is 40.3 Å². The molecule has 0 atom stereocenters. The average Bonchev–Trinajstić information content (AvgIpc) is 2.77. The van der Waals surface area contributed by atoms with Crippen LogP contribution in [0, 0.1) is 0 Å². The van der Waals surface area contributed by atoms with Crippen LogP contribution < -0.4 is 0 Å². The summed E-state index contributed by atoms with van der Waals surface area (Å²) in [6.07, 6.45) is 1.47. The zero-order valence-electron chi connectivity index (χ0n) is 10.6. The van der Waals surface area contributed by atoms with Gasteiger partial charge < -0.3 is 5.11 Å². The minimum absolute atomic E-state index is 0.233. The minimum Gasteiger partial charge on any atom is -0.480 e. The van der Waals surface area contributed by atoms with E-state index in [9.17, 15) is 4.79 Å². The highest BCUT2D eigenvalue weighted by Crippen LogP contribution is 2.26. The van der Waals surface area contributed by atoms with Gasteiger partial charge in [0.25, 0.3) is 0 Å². The van der Waals surface area contributed by atoms with Crippen molar-refractivity contribution < 1.29 is 9.90 Å². The Morgan fingerprint density at radius 2 is 1.90 bits per heavy atom. The molecule has 0 bridgehead atoms. The molecule has 0 unspecified atom stereocenters. The van der Waals surface area contributed by atoms with E-state index in [0.29, 0.717) is 27.0 Å². The molecular formula is C14H9Cl2N3O2. The molecule has 0 fully saturated rings. The zero-order chi connectivity index (χ0) is 15.0. The van der Waals surface area contributed by atoms with Gasteiger partial charge in [0.05, 0.1) is 5.02 Å². The van der Waals surface area contributed by atoms with E-state index in [2.05, 4.69) is 9.97 Å². The van der Waals surface area contributed by atoms with E-state index in [1.54, 1.807) is 30.3 Å². The van der Waals surface area contributed by atoms with Gasteiger partial charge in [-0.15, -0.1) is 0 Å².